The van der Waals surface area contributed by atoms with Crippen molar-refractivity contribution in [3.8, 4) is 0 Å². The van der Waals surface area contributed by atoms with Gasteiger partial charge in [-0.3, -0.25) is 10.2 Å². The summed E-state index contributed by atoms with van der Waals surface area (Å²) in [5, 5.41) is 0.936. The van der Waals surface area contributed by atoms with Gasteiger partial charge in [0, 0.05) is 17.6 Å². The molecule has 0 saturated heterocycles. The van der Waals surface area contributed by atoms with Gasteiger partial charge in [0.2, 0.25) is 0 Å². The fourth-order valence-corrected chi connectivity index (χ4v) is 1.84. The third-order valence-corrected chi connectivity index (χ3v) is 2.70. The highest BCUT2D eigenvalue weighted by molar-refractivity contribution is 5.78. The number of carbonyl (C=O) groups is 1. The Kier molecular flexibility index (Phi) is 4.28. The Morgan fingerprint density at radius 1 is 1.29 bits per heavy atom. The van der Waals surface area contributed by atoms with Crippen LogP contribution < -0.4 is 16.4 Å². The molecule has 0 fully saturated rings. The van der Waals surface area contributed by atoms with Crippen LogP contribution in [0.15, 0.2) is 35.1 Å². The largest absolute Gasteiger partial charge is 0.443 e. The van der Waals surface area contributed by atoms with Crippen molar-refractivity contribution in [1.82, 2.24) is 15.8 Å². The molecule has 2 rings (SSSR count). The van der Waals surface area contributed by atoms with E-state index in [9.17, 15) is 9.59 Å². The molecule has 112 valence electrons. The minimum absolute atomic E-state index is 0.188. The predicted molar refractivity (Wildman–Crippen MR) is 80.8 cm³/mol. The SMILES string of the molecule is CC(C)(C)OC(=O)NNCc1cc2ccccc2[nH]c1=O. The molecule has 0 bridgehead atoms. The van der Waals surface area contributed by atoms with E-state index < -0.39 is 11.7 Å². The van der Waals surface area contributed by atoms with Crippen molar-refractivity contribution in [2.45, 2.75) is 32.9 Å². The van der Waals surface area contributed by atoms with Gasteiger partial charge in [-0.2, -0.15) is 0 Å². The first-order chi connectivity index (χ1) is 9.85. The van der Waals surface area contributed by atoms with Gasteiger partial charge < -0.3 is 9.72 Å². The van der Waals surface area contributed by atoms with Gasteiger partial charge in [0.25, 0.3) is 5.56 Å². The van der Waals surface area contributed by atoms with E-state index in [1.807, 2.05) is 24.3 Å². The summed E-state index contributed by atoms with van der Waals surface area (Å²) in [6, 6.07) is 9.30. The molecule has 1 aromatic carbocycles. The average molecular weight is 289 g/mol. The van der Waals surface area contributed by atoms with E-state index in [0.717, 1.165) is 10.9 Å². The predicted octanol–water partition coefficient (Wildman–Crippen LogP) is 2.06. The van der Waals surface area contributed by atoms with Crippen molar-refractivity contribution < 1.29 is 9.53 Å². The lowest BCUT2D eigenvalue weighted by atomic mass is 10.1. The molecule has 0 atom stereocenters. The maximum atomic E-state index is 11.9. The standard InChI is InChI=1S/C15H19N3O3/c1-15(2,3)21-14(20)18-16-9-11-8-10-6-4-5-7-12(10)17-13(11)19/h4-8,16H,9H2,1-3H3,(H,17,19)(H,18,20). The molecule has 0 aliphatic heterocycles. The second-order valence-electron chi connectivity index (χ2n) is 5.69. The van der Waals surface area contributed by atoms with Crippen LogP contribution in [-0.4, -0.2) is 16.7 Å². The third kappa shape index (κ3) is 4.32. The number of carbonyl (C=O) groups excluding carboxylic acids is 1. The molecule has 0 spiro atoms. The number of nitrogens with one attached hydrogen (secondary N) is 3. The molecule has 0 aliphatic carbocycles. The van der Waals surface area contributed by atoms with Crippen LogP contribution in [0, 0.1) is 0 Å². The van der Waals surface area contributed by atoms with Crippen LogP contribution in [-0.2, 0) is 11.3 Å². The topological polar surface area (TPSA) is 83.2 Å². The van der Waals surface area contributed by atoms with E-state index >= 15 is 0 Å². The van der Waals surface area contributed by atoms with Gasteiger partial charge in [-0.1, -0.05) is 18.2 Å². The first-order valence-corrected chi connectivity index (χ1v) is 6.68. The van der Waals surface area contributed by atoms with Crippen molar-refractivity contribution in [3.63, 3.8) is 0 Å². The number of hydrazine groups is 1. The van der Waals surface area contributed by atoms with E-state index in [-0.39, 0.29) is 12.1 Å². The molecular weight excluding hydrogens is 270 g/mol. The summed E-state index contributed by atoms with van der Waals surface area (Å²) >= 11 is 0. The molecule has 0 unspecified atom stereocenters. The minimum atomic E-state index is -0.584. The zero-order chi connectivity index (χ0) is 15.5. The zero-order valence-electron chi connectivity index (χ0n) is 12.3. The third-order valence-electron chi connectivity index (χ3n) is 2.70. The first-order valence-electron chi connectivity index (χ1n) is 6.68. The van der Waals surface area contributed by atoms with Crippen LogP contribution in [0.5, 0.6) is 0 Å². The van der Waals surface area contributed by atoms with Gasteiger partial charge in [0.05, 0.1) is 0 Å². The summed E-state index contributed by atoms with van der Waals surface area (Å²) in [6.07, 6.45) is -0.584. The van der Waals surface area contributed by atoms with E-state index in [1.165, 1.54) is 0 Å². The van der Waals surface area contributed by atoms with Crippen LogP contribution in [0.2, 0.25) is 0 Å². The maximum absolute atomic E-state index is 11.9. The Hall–Kier alpha value is -2.34. The normalized spacial score (nSPS) is 11.4. The fourth-order valence-electron chi connectivity index (χ4n) is 1.84. The average Bonchev–Trinajstić information content (AvgIpc) is 2.37. The highest BCUT2D eigenvalue weighted by atomic mass is 16.6. The highest BCUT2D eigenvalue weighted by Crippen LogP contribution is 2.10. The number of aromatic amines is 1. The van der Waals surface area contributed by atoms with Crippen molar-refractivity contribution in [2.24, 2.45) is 0 Å². The molecule has 1 amide bonds. The van der Waals surface area contributed by atoms with Gasteiger partial charge >= 0.3 is 6.09 Å². The number of hydrogen-bond donors (Lipinski definition) is 3. The lowest BCUT2D eigenvalue weighted by Crippen LogP contribution is -2.41. The van der Waals surface area contributed by atoms with Crippen molar-refractivity contribution in [2.75, 3.05) is 0 Å². The summed E-state index contributed by atoms with van der Waals surface area (Å²) in [7, 11) is 0. The molecule has 6 nitrogen and oxygen atoms in total. The van der Waals surface area contributed by atoms with Crippen LogP contribution in [0.4, 0.5) is 4.79 Å². The van der Waals surface area contributed by atoms with E-state index in [4.69, 9.17) is 4.74 Å². The Morgan fingerprint density at radius 2 is 2.00 bits per heavy atom. The smallest absolute Gasteiger partial charge is 0.422 e. The number of hydrogen-bond acceptors (Lipinski definition) is 4. The quantitative estimate of drug-likeness (QED) is 0.755. The van der Waals surface area contributed by atoms with Crippen molar-refractivity contribution >= 4 is 17.0 Å². The number of aromatic nitrogens is 1. The molecule has 21 heavy (non-hydrogen) atoms. The molecule has 6 heteroatoms. The Bertz CT molecular complexity index is 701. The van der Waals surface area contributed by atoms with Crippen molar-refractivity contribution in [3.05, 3.63) is 46.2 Å². The number of amides is 1. The number of para-hydroxylation sites is 1. The molecule has 1 aromatic heterocycles. The van der Waals surface area contributed by atoms with E-state index in [0.29, 0.717) is 5.56 Å². The van der Waals surface area contributed by atoms with E-state index in [1.54, 1.807) is 26.8 Å². The Morgan fingerprint density at radius 3 is 2.71 bits per heavy atom. The zero-order valence-corrected chi connectivity index (χ0v) is 12.3. The highest BCUT2D eigenvalue weighted by Gasteiger charge is 2.15. The van der Waals surface area contributed by atoms with Crippen LogP contribution in [0.25, 0.3) is 10.9 Å². The number of ether oxygens (including phenoxy) is 1. The van der Waals surface area contributed by atoms with Gasteiger partial charge in [-0.25, -0.2) is 10.2 Å². The number of fused-ring (bicyclic) bond motifs is 1. The maximum Gasteiger partial charge on any atom is 0.422 e. The van der Waals surface area contributed by atoms with Crippen LogP contribution >= 0.6 is 0 Å². The van der Waals surface area contributed by atoms with Gasteiger partial charge in [0.1, 0.15) is 5.60 Å². The second kappa shape index (κ2) is 5.97. The summed E-state index contributed by atoms with van der Waals surface area (Å²) < 4.78 is 5.08. The van der Waals surface area contributed by atoms with Crippen molar-refractivity contribution in [1.29, 1.82) is 0 Å². The molecule has 0 aliphatic rings. The van der Waals surface area contributed by atoms with Crippen LogP contribution in [0.1, 0.15) is 26.3 Å². The Labute approximate surface area is 122 Å². The second-order valence-corrected chi connectivity index (χ2v) is 5.69. The molecule has 0 saturated carbocycles. The number of H-pyrrole nitrogens is 1. The van der Waals surface area contributed by atoms with Crippen LogP contribution in [0.3, 0.4) is 0 Å². The summed E-state index contributed by atoms with van der Waals surface area (Å²) in [5.74, 6) is 0. The number of benzene rings is 1. The number of rotatable bonds is 3. The van der Waals surface area contributed by atoms with Gasteiger partial charge in [-0.15, -0.1) is 0 Å². The summed E-state index contributed by atoms with van der Waals surface area (Å²) in [4.78, 5) is 26.2. The number of pyridine rings is 1. The molecule has 0 radical (unpaired) electrons. The molecule has 1 heterocycles. The first kappa shape index (κ1) is 15.1. The monoisotopic (exact) mass is 289 g/mol. The van der Waals surface area contributed by atoms with Gasteiger partial charge in [0.15, 0.2) is 0 Å². The molecule has 3 N–H and O–H groups in total. The fraction of sp³-hybridized carbons (Fsp3) is 0.333. The lowest BCUT2D eigenvalue weighted by Gasteiger charge is -2.19. The van der Waals surface area contributed by atoms with Gasteiger partial charge in [-0.05, 0) is 38.3 Å². The molecule has 2 aromatic rings. The minimum Gasteiger partial charge on any atom is -0.443 e. The Balaban J connectivity index is 1.99. The summed E-state index contributed by atoms with van der Waals surface area (Å²) in [6.45, 7) is 5.54. The van der Waals surface area contributed by atoms with E-state index in [2.05, 4.69) is 15.8 Å². The summed E-state index contributed by atoms with van der Waals surface area (Å²) in [5.41, 5.74) is 5.65. The molecular formula is C15H19N3O3. The lowest BCUT2D eigenvalue weighted by molar-refractivity contribution is 0.0497.